The number of unbranched alkanes of at least 4 members (excludes halogenated alkanes) is 2. The van der Waals surface area contributed by atoms with Gasteiger partial charge in [-0.2, -0.15) is 0 Å². The summed E-state index contributed by atoms with van der Waals surface area (Å²) in [6.07, 6.45) is -5.11. The first-order valence-corrected chi connectivity index (χ1v) is 15.0. The monoisotopic (exact) mass is 667 g/mol. The van der Waals surface area contributed by atoms with Gasteiger partial charge in [-0.1, -0.05) is 6.42 Å². The number of carboxylic acids is 1. The summed E-state index contributed by atoms with van der Waals surface area (Å²) in [5.41, 5.74) is 0.303. The van der Waals surface area contributed by atoms with Crippen LogP contribution >= 0.6 is 0 Å². The van der Waals surface area contributed by atoms with Gasteiger partial charge in [-0.15, -0.1) is 0 Å². The maximum atomic E-state index is 12.0. The van der Waals surface area contributed by atoms with Crippen molar-refractivity contribution in [3.63, 3.8) is 0 Å². The number of aliphatic hydroxyl groups excluding tert-OH is 3. The highest BCUT2D eigenvalue weighted by Crippen LogP contribution is 2.30. The first-order valence-electron chi connectivity index (χ1n) is 15.0. The Bertz CT molecular complexity index is 1270. The summed E-state index contributed by atoms with van der Waals surface area (Å²) < 4.78 is 27.3. The van der Waals surface area contributed by atoms with Gasteiger partial charge >= 0.3 is 12.1 Å². The Balaban J connectivity index is 1.42. The molecule has 4 amide bonds. The second kappa shape index (κ2) is 18.2. The number of amides is 4. The van der Waals surface area contributed by atoms with Crippen molar-refractivity contribution in [2.45, 2.75) is 63.0 Å². The van der Waals surface area contributed by atoms with Crippen molar-refractivity contribution in [1.82, 2.24) is 15.1 Å². The highest BCUT2D eigenvalue weighted by atomic mass is 16.7. The number of carbonyl (C=O) groups excluding carboxylic acids is 4. The molecule has 5 N–H and O–H groups in total. The molecular weight excluding hydrogens is 626 g/mol. The molecule has 0 spiro atoms. The predicted octanol–water partition coefficient (Wildman–Crippen LogP) is -0.847. The number of aliphatic hydroxyl groups is 3. The van der Waals surface area contributed by atoms with Crippen LogP contribution in [0.15, 0.2) is 30.4 Å². The van der Waals surface area contributed by atoms with Gasteiger partial charge in [-0.3, -0.25) is 19.3 Å². The van der Waals surface area contributed by atoms with Crippen molar-refractivity contribution < 1.29 is 68.1 Å². The molecule has 17 nitrogen and oxygen atoms in total. The minimum atomic E-state index is -1.90. The summed E-state index contributed by atoms with van der Waals surface area (Å²) in [5, 5.41) is 42.5. The van der Waals surface area contributed by atoms with Crippen LogP contribution in [0.25, 0.3) is 0 Å². The average molecular weight is 668 g/mol. The van der Waals surface area contributed by atoms with E-state index in [1.165, 1.54) is 48.2 Å². The van der Waals surface area contributed by atoms with E-state index in [4.69, 9.17) is 23.7 Å². The molecule has 1 aromatic rings. The topological polar surface area (TPSA) is 231 Å². The van der Waals surface area contributed by atoms with Crippen molar-refractivity contribution in [3.8, 4) is 11.5 Å². The van der Waals surface area contributed by atoms with Crippen LogP contribution in [0.3, 0.4) is 0 Å². The zero-order chi connectivity index (χ0) is 34.5. The minimum Gasteiger partial charge on any atom is -0.491 e. The Morgan fingerprint density at radius 3 is 2.36 bits per heavy atom. The molecule has 1 aromatic carbocycles. The highest BCUT2D eigenvalue weighted by Gasteiger charge is 2.48. The van der Waals surface area contributed by atoms with Crippen LogP contribution in [0.1, 0.15) is 31.2 Å². The van der Waals surface area contributed by atoms with Crippen molar-refractivity contribution in [2.75, 3.05) is 47.0 Å². The number of carbonyl (C=O) groups is 5. The summed E-state index contributed by atoms with van der Waals surface area (Å²) in [7, 11) is 2.98. The van der Waals surface area contributed by atoms with E-state index in [0.29, 0.717) is 37.8 Å². The number of aliphatic carboxylic acids is 1. The maximum Gasteiger partial charge on any atom is 0.409 e. The summed E-state index contributed by atoms with van der Waals surface area (Å²) >= 11 is 0. The van der Waals surface area contributed by atoms with Crippen LogP contribution in [0.4, 0.5) is 4.79 Å². The number of hydrogen-bond acceptors (Lipinski definition) is 13. The van der Waals surface area contributed by atoms with Gasteiger partial charge in [0.05, 0.1) is 13.2 Å². The molecule has 47 heavy (non-hydrogen) atoms. The third-order valence-electron chi connectivity index (χ3n) is 7.06. The molecule has 0 radical (unpaired) electrons. The number of nitrogens with one attached hydrogen (secondary N) is 1. The van der Waals surface area contributed by atoms with Gasteiger partial charge in [0, 0.05) is 57.4 Å². The smallest absolute Gasteiger partial charge is 0.409 e. The highest BCUT2D eigenvalue weighted by molar-refractivity contribution is 6.12. The van der Waals surface area contributed by atoms with Gasteiger partial charge in [-0.05, 0) is 25.0 Å². The van der Waals surface area contributed by atoms with Crippen LogP contribution in [-0.4, -0.2) is 138 Å². The molecule has 1 fully saturated rings. The molecule has 0 aliphatic carbocycles. The van der Waals surface area contributed by atoms with Crippen LogP contribution in [0.5, 0.6) is 11.5 Å². The Hall–Kier alpha value is -4.29. The lowest BCUT2D eigenvalue weighted by molar-refractivity contribution is -0.271. The molecule has 3 rings (SSSR count). The maximum absolute atomic E-state index is 12.0. The molecule has 17 heteroatoms. The largest absolute Gasteiger partial charge is 0.491 e. The lowest BCUT2D eigenvalue weighted by atomic mass is 9.99. The molecular formula is C30H41N3O14. The normalized spacial score (nSPS) is 22.2. The first kappa shape index (κ1) is 37.2. The van der Waals surface area contributed by atoms with Gasteiger partial charge in [0.2, 0.25) is 12.2 Å². The molecule has 1 saturated heterocycles. The van der Waals surface area contributed by atoms with E-state index in [-0.39, 0.29) is 62.2 Å². The third kappa shape index (κ3) is 11.2. The van der Waals surface area contributed by atoms with E-state index in [9.17, 15) is 44.4 Å². The standard InChI is InChI=1S/C30H41N3O14/c1-32(2)30(42)45-17-18-7-8-19(16-20(18)46-29-26(39)24(37)25(38)27(47-29)28(40)41)44-15-14-43-13-11-31-21(34)6-4-3-5-12-33-22(35)9-10-23(33)36/h7-10,16,24-27,29,37-39H,3-6,11-15,17H2,1-2H3,(H,31,34)(H,40,41)/t24-,25-,26+,27-,29+/m0/s1. The number of carboxylic acid groups (broad SMARTS) is 1. The lowest BCUT2D eigenvalue weighted by Gasteiger charge is -2.38. The van der Waals surface area contributed by atoms with E-state index >= 15 is 0 Å². The van der Waals surface area contributed by atoms with Gasteiger partial charge in [0.1, 0.15) is 43.0 Å². The number of imide groups is 1. The summed E-state index contributed by atoms with van der Waals surface area (Å²) in [6, 6.07) is 4.46. The molecule has 2 aliphatic heterocycles. The molecule has 0 unspecified atom stereocenters. The minimum absolute atomic E-state index is 0.00973. The Kier molecular flexibility index (Phi) is 14.4. The van der Waals surface area contributed by atoms with Gasteiger partial charge in [0.25, 0.3) is 11.8 Å². The molecule has 2 aliphatic rings. The summed E-state index contributed by atoms with van der Waals surface area (Å²) in [5.74, 6) is -2.09. The fourth-order valence-corrected chi connectivity index (χ4v) is 4.45. The molecule has 2 heterocycles. The quantitative estimate of drug-likeness (QED) is 0.0949. The fourth-order valence-electron chi connectivity index (χ4n) is 4.45. The third-order valence-corrected chi connectivity index (χ3v) is 7.06. The molecule has 0 saturated carbocycles. The number of hydrogen-bond donors (Lipinski definition) is 5. The number of nitrogens with zero attached hydrogens (tertiary/aromatic N) is 2. The van der Waals surface area contributed by atoms with Crippen LogP contribution in [0.2, 0.25) is 0 Å². The van der Waals surface area contributed by atoms with Crippen LogP contribution in [0, 0.1) is 0 Å². The second-order valence-corrected chi connectivity index (χ2v) is 10.9. The van der Waals surface area contributed by atoms with Gasteiger partial charge in [0.15, 0.2) is 6.10 Å². The number of benzene rings is 1. The molecule has 0 aromatic heterocycles. The number of rotatable bonds is 18. The molecule has 0 bridgehead atoms. The van der Waals surface area contributed by atoms with Crippen molar-refractivity contribution in [2.24, 2.45) is 0 Å². The Labute approximate surface area is 270 Å². The van der Waals surface area contributed by atoms with Crippen molar-refractivity contribution in [3.05, 3.63) is 35.9 Å². The van der Waals surface area contributed by atoms with E-state index in [1.807, 2.05) is 0 Å². The van der Waals surface area contributed by atoms with E-state index < -0.39 is 42.8 Å². The lowest BCUT2D eigenvalue weighted by Crippen LogP contribution is -2.61. The summed E-state index contributed by atoms with van der Waals surface area (Å²) in [4.78, 5) is 60.9. The fraction of sp³-hybridized carbons (Fsp3) is 0.567. The van der Waals surface area contributed by atoms with Gasteiger partial charge < -0.3 is 54.3 Å². The Morgan fingerprint density at radius 2 is 1.68 bits per heavy atom. The zero-order valence-corrected chi connectivity index (χ0v) is 26.1. The first-order chi connectivity index (χ1) is 22.4. The van der Waals surface area contributed by atoms with E-state index in [0.717, 1.165) is 0 Å². The summed E-state index contributed by atoms with van der Waals surface area (Å²) in [6.45, 7) is 0.812. The number of ether oxygens (including phenoxy) is 5. The Morgan fingerprint density at radius 1 is 0.957 bits per heavy atom. The van der Waals surface area contributed by atoms with Gasteiger partial charge in [-0.25, -0.2) is 9.59 Å². The predicted molar refractivity (Wildman–Crippen MR) is 159 cm³/mol. The average Bonchev–Trinajstić information content (AvgIpc) is 3.35. The second-order valence-electron chi connectivity index (χ2n) is 10.9. The van der Waals surface area contributed by atoms with Crippen molar-refractivity contribution >= 4 is 29.8 Å². The van der Waals surface area contributed by atoms with Crippen molar-refractivity contribution in [1.29, 1.82) is 0 Å². The van der Waals surface area contributed by atoms with E-state index in [2.05, 4.69) is 5.32 Å². The SMILES string of the molecule is CN(C)C(=O)OCc1ccc(OCCOCCNC(=O)CCCCCN2C(=O)C=CC2=O)cc1O[C@@H]1O[C@H](C(=O)O)[C@@H](O)[C@H](O)[C@H]1O. The zero-order valence-electron chi connectivity index (χ0n) is 26.1. The van der Waals surface area contributed by atoms with E-state index in [1.54, 1.807) is 6.07 Å². The van der Waals surface area contributed by atoms with Crippen LogP contribution < -0.4 is 14.8 Å². The van der Waals surface area contributed by atoms with Crippen LogP contribution in [-0.2, 0) is 40.0 Å². The molecule has 260 valence electrons. The molecule has 5 atom stereocenters.